The first-order chi connectivity index (χ1) is 11.6. The summed E-state index contributed by atoms with van der Waals surface area (Å²) >= 11 is 0. The molecule has 0 bridgehead atoms. The Hall–Kier alpha value is -2.36. The number of rotatable bonds is 6. The number of hydroxylamine groups is 1. The largest absolute Gasteiger partial charge is 0.319 e. The third kappa shape index (κ3) is 3.75. The fourth-order valence-electron chi connectivity index (χ4n) is 2.88. The Morgan fingerprint density at radius 1 is 0.875 bits per heavy atom. The van der Waals surface area contributed by atoms with E-state index in [-0.39, 0.29) is 6.04 Å². The molecule has 1 unspecified atom stereocenters. The summed E-state index contributed by atoms with van der Waals surface area (Å²) < 4.78 is 2.26. The van der Waals surface area contributed by atoms with Crippen LogP contribution in [0.3, 0.4) is 0 Å². The summed E-state index contributed by atoms with van der Waals surface area (Å²) in [5.74, 6) is 0. The van der Waals surface area contributed by atoms with Crippen LogP contribution in [0.1, 0.15) is 35.5 Å². The lowest BCUT2D eigenvalue weighted by Gasteiger charge is -2.16. The molecule has 0 radical (unpaired) electrons. The molecule has 0 spiro atoms. The van der Waals surface area contributed by atoms with Crippen molar-refractivity contribution in [3.8, 4) is 5.69 Å². The molecule has 0 aliphatic rings. The average molecular weight is 320 g/mol. The lowest BCUT2D eigenvalue weighted by atomic mass is 10.1. The predicted molar refractivity (Wildman–Crippen MR) is 98.0 cm³/mol. The van der Waals surface area contributed by atoms with Gasteiger partial charge in [-0.3, -0.25) is 4.84 Å². The Labute approximate surface area is 143 Å². The first-order valence-corrected chi connectivity index (χ1v) is 8.31. The van der Waals surface area contributed by atoms with Crippen molar-refractivity contribution in [2.45, 2.75) is 33.4 Å². The molecular weight excluding hydrogens is 296 g/mol. The molecular formula is C21H24N2O. The highest BCUT2D eigenvalue weighted by atomic mass is 16.6. The summed E-state index contributed by atoms with van der Waals surface area (Å²) in [6, 6.07) is 23.2. The molecule has 1 aromatic heterocycles. The normalized spacial score (nSPS) is 12.3. The van der Waals surface area contributed by atoms with Crippen LogP contribution in [-0.2, 0) is 11.4 Å². The molecule has 0 saturated heterocycles. The number of nitrogens with one attached hydrogen (secondary N) is 1. The van der Waals surface area contributed by atoms with E-state index in [0.29, 0.717) is 6.61 Å². The van der Waals surface area contributed by atoms with Gasteiger partial charge >= 0.3 is 0 Å². The number of hydrogen-bond acceptors (Lipinski definition) is 2. The van der Waals surface area contributed by atoms with Crippen molar-refractivity contribution in [3.05, 3.63) is 89.2 Å². The van der Waals surface area contributed by atoms with E-state index in [4.69, 9.17) is 4.84 Å². The van der Waals surface area contributed by atoms with E-state index >= 15 is 0 Å². The molecule has 124 valence electrons. The Bertz CT molecular complexity index is 756. The SMILES string of the molecule is Cc1ccc(C)n1-c1ccc(C(C)NOCc2ccccc2)cc1. The van der Waals surface area contributed by atoms with Gasteiger partial charge in [0.05, 0.1) is 12.6 Å². The molecule has 0 aliphatic carbocycles. The maximum atomic E-state index is 5.62. The molecule has 3 aromatic rings. The van der Waals surface area contributed by atoms with Gasteiger partial charge in [-0.1, -0.05) is 42.5 Å². The molecule has 3 rings (SSSR count). The van der Waals surface area contributed by atoms with Gasteiger partial charge in [-0.25, -0.2) is 0 Å². The van der Waals surface area contributed by atoms with Crippen LogP contribution in [0.2, 0.25) is 0 Å². The molecule has 3 heteroatoms. The minimum atomic E-state index is 0.134. The summed E-state index contributed by atoms with van der Waals surface area (Å²) in [5, 5.41) is 0. The first-order valence-electron chi connectivity index (χ1n) is 8.31. The van der Waals surface area contributed by atoms with Crippen LogP contribution in [0.15, 0.2) is 66.7 Å². The van der Waals surface area contributed by atoms with Crippen LogP contribution in [0.25, 0.3) is 5.69 Å². The monoisotopic (exact) mass is 320 g/mol. The number of hydrogen-bond donors (Lipinski definition) is 1. The van der Waals surface area contributed by atoms with Crippen molar-refractivity contribution in [3.63, 3.8) is 0 Å². The summed E-state index contributed by atoms with van der Waals surface area (Å²) in [6.07, 6.45) is 0. The van der Waals surface area contributed by atoms with Gasteiger partial charge in [-0.15, -0.1) is 0 Å². The zero-order chi connectivity index (χ0) is 16.9. The second kappa shape index (κ2) is 7.47. The lowest BCUT2D eigenvalue weighted by molar-refractivity contribution is 0.00698. The fraction of sp³-hybridized carbons (Fsp3) is 0.238. The van der Waals surface area contributed by atoms with Gasteiger partial charge in [0.15, 0.2) is 0 Å². The zero-order valence-electron chi connectivity index (χ0n) is 14.5. The molecule has 0 amide bonds. The Kier molecular flexibility index (Phi) is 5.14. The lowest BCUT2D eigenvalue weighted by Crippen LogP contribution is -2.19. The van der Waals surface area contributed by atoms with Gasteiger partial charge in [-0.05, 0) is 56.2 Å². The summed E-state index contributed by atoms with van der Waals surface area (Å²) in [5.41, 5.74) is 9.17. The first kappa shape index (κ1) is 16.5. The highest BCUT2D eigenvalue weighted by Crippen LogP contribution is 2.19. The predicted octanol–water partition coefficient (Wildman–Crippen LogP) is 4.88. The van der Waals surface area contributed by atoms with E-state index in [9.17, 15) is 0 Å². The van der Waals surface area contributed by atoms with Gasteiger partial charge in [0.25, 0.3) is 0 Å². The number of nitrogens with zero attached hydrogens (tertiary/aromatic N) is 1. The highest BCUT2D eigenvalue weighted by molar-refractivity contribution is 5.40. The molecule has 1 atom stereocenters. The van der Waals surface area contributed by atoms with Crippen LogP contribution in [0, 0.1) is 13.8 Å². The van der Waals surface area contributed by atoms with E-state index < -0.39 is 0 Å². The molecule has 2 aromatic carbocycles. The number of aryl methyl sites for hydroxylation is 2. The third-order valence-electron chi connectivity index (χ3n) is 4.26. The van der Waals surface area contributed by atoms with Crippen LogP contribution >= 0.6 is 0 Å². The van der Waals surface area contributed by atoms with E-state index in [0.717, 1.165) is 5.56 Å². The number of aromatic nitrogens is 1. The fourth-order valence-corrected chi connectivity index (χ4v) is 2.88. The molecule has 1 N–H and O–H groups in total. The molecule has 0 fully saturated rings. The van der Waals surface area contributed by atoms with Crippen molar-refractivity contribution < 1.29 is 4.84 Å². The maximum Gasteiger partial charge on any atom is 0.0933 e. The van der Waals surface area contributed by atoms with E-state index in [2.05, 4.69) is 79.3 Å². The van der Waals surface area contributed by atoms with Crippen LogP contribution < -0.4 is 5.48 Å². The van der Waals surface area contributed by atoms with Crippen LogP contribution in [0.4, 0.5) is 0 Å². The molecule has 1 heterocycles. The maximum absolute atomic E-state index is 5.62. The molecule has 24 heavy (non-hydrogen) atoms. The molecule has 3 nitrogen and oxygen atoms in total. The van der Waals surface area contributed by atoms with Crippen molar-refractivity contribution in [2.75, 3.05) is 0 Å². The van der Waals surface area contributed by atoms with E-state index in [1.807, 2.05) is 18.2 Å². The van der Waals surface area contributed by atoms with Crippen molar-refractivity contribution in [1.29, 1.82) is 0 Å². The Balaban J connectivity index is 1.61. The third-order valence-corrected chi connectivity index (χ3v) is 4.26. The smallest absolute Gasteiger partial charge is 0.0933 e. The molecule has 0 saturated carbocycles. The van der Waals surface area contributed by atoms with Crippen molar-refractivity contribution in [2.24, 2.45) is 0 Å². The van der Waals surface area contributed by atoms with E-state index in [1.54, 1.807) is 0 Å². The van der Waals surface area contributed by atoms with Gasteiger partial charge in [0, 0.05) is 17.1 Å². The Morgan fingerprint density at radius 3 is 2.12 bits per heavy atom. The van der Waals surface area contributed by atoms with Crippen molar-refractivity contribution >= 4 is 0 Å². The van der Waals surface area contributed by atoms with Crippen LogP contribution in [-0.4, -0.2) is 4.57 Å². The minimum absolute atomic E-state index is 0.134. The summed E-state index contributed by atoms with van der Waals surface area (Å²) in [7, 11) is 0. The standard InChI is InChI=1S/C21H24N2O/c1-16-9-10-17(2)23(16)21-13-11-20(12-14-21)18(3)22-24-15-19-7-5-4-6-8-19/h4-14,18,22H,15H2,1-3H3. The van der Waals surface area contributed by atoms with Crippen LogP contribution in [0.5, 0.6) is 0 Å². The second-order valence-corrected chi connectivity index (χ2v) is 6.16. The number of benzene rings is 2. The minimum Gasteiger partial charge on any atom is -0.319 e. The topological polar surface area (TPSA) is 26.2 Å². The van der Waals surface area contributed by atoms with Gasteiger partial charge < -0.3 is 4.57 Å². The average Bonchev–Trinajstić information content (AvgIpc) is 2.94. The highest BCUT2D eigenvalue weighted by Gasteiger charge is 2.07. The van der Waals surface area contributed by atoms with Gasteiger partial charge in [0.1, 0.15) is 0 Å². The van der Waals surface area contributed by atoms with Gasteiger partial charge in [0.2, 0.25) is 0 Å². The Morgan fingerprint density at radius 2 is 1.50 bits per heavy atom. The van der Waals surface area contributed by atoms with E-state index in [1.165, 1.54) is 22.6 Å². The summed E-state index contributed by atoms with van der Waals surface area (Å²) in [6.45, 7) is 6.92. The summed E-state index contributed by atoms with van der Waals surface area (Å²) in [4.78, 5) is 5.62. The molecule has 0 aliphatic heterocycles. The van der Waals surface area contributed by atoms with Gasteiger partial charge in [-0.2, -0.15) is 5.48 Å². The quantitative estimate of drug-likeness (QED) is 0.655. The zero-order valence-corrected chi connectivity index (χ0v) is 14.5. The second-order valence-electron chi connectivity index (χ2n) is 6.16. The van der Waals surface area contributed by atoms with Crippen molar-refractivity contribution in [1.82, 2.24) is 10.0 Å².